The van der Waals surface area contributed by atoms with E-state index in [1.54, 1.807) is 0 Å². The van der Waals surface area contributed by atoms with Crippen LogP contribution in [0.2, 0.25) is 0 Å². The molecule has 1 aromatic carbocycles. The molecule has 1 aliphatic carbocycles. The van der Waals surface area contributed by atoms with Crippen molar-refractivity contribution in [1.82, 2.24) is 0 Å². The summed E-state index contributed by atoms with van der Waals surface area (Å²) in [4.78, 5) is 9.16. The van der Waals surface area contributed by atoms with E-state index in [0.29, 0.717) is 6.54 Å². The quantitative estimate of drug-likeness (QED) is 0.520. The Morgan fingerprint density at radius 2 is 1.71 bits per heavy atom. The number of aliphatic imine (C=N–C) groups is 2. The molecule has 0 bridgehead atoms. The van der Waals surface area contributed by atoms with Crippen molar-refractivity contribution in [1.29, 1.82) is 0 Å². The molecule has 2 nitrogen and oxygen atoms in total. The zero-order valence-electron chi connectivity index (χ0n) is 13.5. The minimum atomic E-state index is -0.0444. The van der Waals surface area contributed by atoms with Gasteiger partial charge in [0.2, 0.25) is 0 Å². The summed E-state index contributed by atoms with van der Waals surface area (Å²) in [5.74, 6) is 0. The molecule has 0 unspecified atom stereocenters. The first-order chi connectivity index (χ1) is 10.1. The van der Waals surface area contributed by atoms with Crippen molar-refractivity contribution in [2.24, 2.45) is 9.98 Å². The van der Waals surface area contributed by atoms with Crippen molar-refractivity contribution in [3.8, 4) is 0 Å². The zero-order chi connectivity index (χ0) is 15.1. The van der Waals surface area contributed by atoms with E-state index in [1.807, 2.05) is 18.2 Å². The monoisotopic (exact) mass is 282 g/mol. The van der Waals surface area contributed by atoms with Gasteiger partial charge in [-0.2, -0.15) is 0 Å². The molecule has 1 aromatic rings. The molecule has 1 saturated carbocycles. The molecule has 0 aromatic heterocycles. The average Bonchev–Trinajstić information content (AvgIpc) is 2.53. The number of rotatable bonds is 4. The predicted octanol–water partition coefficient (Wildman–Crippen LogP) is 5.42. The molecule has 21 heavy (non-hydrogen) atoms. The summed E-state index contributed by atoms with van der Waals surface area (Å²) in [5.41, 5.74) is 3.95. The summed E-state index contributed by atoms with van der Waals surface area (Å²) in [6, 6.07) is 13.3. The van der Waals surface area contributed by atoms with Gasteiger partial charge in [-0.25, -0.2) is 9.98 Å². The van der Waals surface area contributed by atoms with Crippen LogP contribution >= 0.6 is 0 Å². The standard InChI is InChI=1S/C19H26N2/c1-16(2)17(3)19(12-8-5-9-13-19)21-15-20-14-18-10-6-4-7-11-18/h4,6-7,10-11H,5,8-9,12-14H2,1-3H3. The lowest BCUT2D eigenvalue weighted by atomic mass is 9.76. The third-order valence-corrected chi connectivity index (χ3v) is 4.57. The summed E-state index contributed by atoms with van der Waals surface area (Å²) in [5, 5.41) is 0. The fourth-order valence-corrected chi connectivity index (χ4v) is 3.01. The van der Waals surface area contributed by atoms with Gasteiger partial charge in [0.25, 0.3) is 0 Å². The van der Waals surface area contributed by atoms with Crippen LogP contribution in [0.3, 0.4) is 0 Å². The van der Waals surface area contributed by atoms with Crippen LogP contribution in [-0.4, -0.2) is 11.5 Å². The Morgan fingerprint density at radius 1 is 1.05 bits per heavy atom. The van der Waals surface area contributed by atoms with Gasteiger partial charge >= 0.3 is 0 Å². The second-order valence-electron chi connectivity index (χ2n) is 6.23. The van der Waals surface area contributed by atoms with Crippen molar-refractivity contribution in [2.75, 3.05) is 0 Å². The highest BCUT2D eigenvalue weighted by molar-refractivity contribution is 5.45. The minimum absolute atomic E-state index is 0.0444. The predicted molar refractivity (Wildman–Crippen MR) is 89.9 cm³/mol. The van der Waals surface area contributed by atoms with Crippen LogP contribution in [0.15, 0.2) is 51.5 Å². The summed E-state index contributed by atoms with van der Waals surface area (Å²) in [6.45, 7) is 7.25. The molecule has 0 saturated heterocycles. The second kappa shape index (κ2) is 7.38. The first-order valence-corrected chi connectivity index (χ1v) is 7.96. The molecule has 2 heteroatoms. The van der Waals surface area contributed by atoms with E-state index in [9.17, 15) is 0 Å². The maximum Gasteiger partial charge on any atom is 0.0926 e. The highest BCUT2D eigenvalue weighted by Gasteiger charge is 2.33. The van der Waals surface area contributed by atoms with E-state index >= 15 is 0 Å². The van der Waals surface area contributed by atoms with Crippen LogP contribution in [0.25, 0.3) is 0 Å². The van der Waals surface area contributed by atoms with Gasteiger partial charge in [-0.05, 0) is 44.7 Å². The lowest BCUT2D eigenvalue weighted by Gasteiger charge is -2.34. The Bertz CT molecular complexity index is 538. The molecule has 0 heterocycles. The molecular weight excluding hydrogens is 256 g/mol. The largest absolute Gasteiger partial charge is 0.221 e. The van der Waals surface area contributed by atoms with Crippen LogP contribution in [-0.2, 0) is 6.54 Å². The van der Waals surface area contributed by atoms with Gasteiger partial charge in [-0.1, -0.05) is 55.2 Å². The third kappa shape index (κ3) is 4.15. The number of hydrogen-bond acceptors (Lipinski definition) is 2. The van der Waals surface area contributed by atoms with Crippen LogP contribution in [0.5, 0.6) is 0 Å². The summed E-state index contributed by atoms with van der Waals surface area (Å²) < 4.78 is 0. The molecule has 0 N–H and O–H groups in total. The zero-order valence-corrected chi connectivity index (χ0v) is 13.5. The summed E-state index contributed by atoms with van der Waals surface area (Å²) in [6.07, 6.45) is 6.12. The van der Waals surface area contributed by atoms with Crippen molar-refractivity contribution in [2.45, 2.75) is 65.0 Å². The van der Waals surface area contributed by atoms with Crippen molar-refractivity contribution >= 4 is 6.01 Å². The molecule has 0 spiro atoms. The first kappa shape index (κ1) is 15.7. The summed E-state index contributed by atoms with van der Waals surface area (Å²) >= 11 is 0. The fraction of sp³-hybridized carbons (Fsp3) is 0.526. The molecule has 0 aliphatic heterocycles. The Kier molecular flexibility index (Phi) is 5.52. The van der Waals surface area contributed by atoms with Gasteiger partial charge in [-0.15, -0.1) is 0 Å². The fourth-order valence-electron chi connectivity index (χ4n) is 3.01. The lowest BCUT2D eigenvalue weighted by Crippen LogP contribution is -2.31. The van der Waals surface area contributed by atoms with Gasteiger partial charge in [0, 0.05) is 0 Å². The maximum atomic E-state index is 4.78. The third-order valence-electron chi connectivity index (χ3n) is 4.57. The molecule has 112 valence electrons. The molecule has 0 atom stereocenters. The highest BCUT2D eigenvalue weighted by atomic mass is 14.9. The number of benzene rings is 1. The molecular formula is C19H26N2. The molecule has 0 radical (unpaired) electrons. The van der Waals surface area contributed by atoms with Crippen molar-refractivity contribution < 1.29 is 0 Å². The van der Waals surface area contributed by atoms with Crippen LogP contribution in [0.4, 0.5) is 0 Å². The molecule has 1 fully saturated rings. The molecule has 2 rings (SSSR count). The van der Waals surface area contributed by atoms with Gasteiger partial charge in [0.1, 0.15) is 0 Å². The van der Waals surface area contributed by atoms with Crippen molar-refractivity contribution in [3.63, 3.8) is 0 Å². The van der Waals surface area contributed by atoms with Gasteiger partial charge in [-0.3, -0.25) is 0 Å². The molecule has 1 aliphatic rings. The average molecular weight is 282 g/mol. The minimum Gasteiger partial charge on any atom is -0.221 e. The van der Waals surface area contributed by atoms with Crippen LogP contribution in [0.1, 0.15) is 58.4 Å². The number of nitrogens with zero attached hydrogens (tertiary/aromatic N) is 2. The highest BCUT2D eigenvalue weighted by Crippen LogP contribution is 2.38. The lowest BCUT2D eigenvalue weighted by molar-refractivity contribution is 0.343. The van der Waals surface area contributed by atoms with E-state index < -0.39 is 0 Å². The Labute approximate surface area is 128 Å². The van der Waals surface area contributed by atoms with Gasteiger partial charge in [0.15, 0.2) is 0 Å². The van der Waals surface area contributed by atoms with E-state index in [4.69, 9.17) is 4.99 Å². The van der Waals surface area contributed by atoms with Crippen LogP contribution in [0, 0.1) is 0 Å². The van der Waals surface area contributed by atoms with E-state index in [0.717, 1.165) is 12.8 Å². The Balaban J connectivity index is 2.15. The van der Waals surface area contributed by atoms with E-state index in [2.05, 4.69) is 43.9 Å². The number of hydrogen-bond donors (Lipinski definition) is 0. The molecule has 0 amide bonds. The smallest absolute Gasteiger partial charge is 0.0926 e. The Hall–Kier alpha value is -1.66. The van der Waals surface area contributed by atoms with Crippen molar-refractivity contribution in [3.05, 3.63) is 47.0 Å². The summed E-state index contributed by atoms with van der Waals surface area (Å²) in [7, 11) is 0. The maximum absolute atomic E-state index is 4.78. The SMILES string of the molecule is CC(C)=C(C)C1(N=C=NCc2ccccc2)CCCCC1. The van der Waals surface area contributed by atoms with Crippen LogP contribution < -0.4 is 0 Å². The normalized spacial score (nSPS) is 16.7. The Morgan fingerprint density at radius 3 is 2.33 bits per heavy atom. The topological polar surface area (TPSA) is 24.7 Å². The number of allylic oxidation sites excluding steroid dienone is 1. The first-order valence-electron chi connectivity index (χ1n) is 7.96. The second-order valence-corrected chi connectivity index (χ2v) is 6.23. The van der Waals surface area contributed by atoms with Gasteiger partial charge < -0.3 is 0 Å². The van der Waals surface area contributed by atoms with E-state index in [-0.39, 0.29) is 5.54 Å². The van der Waals surface area contributed by atoms with E-state index in [1.165, 1.54) is 36.0 Å². The van der Waals surface area contributed by atoms with Gasteiger partial charge in [0.05, 0.1) is 18.1 Å².